The van der Waals surface area contributed by atoms with Gasteiger partial charge in [0.2, 0.25) is 0 Å². The van der Waals surface area contributed by atoms with Crippen LogP contribution in [-0.2, 0) is 6.54 Å². The first-order chi connectivity index (χ1) is 12.7. The van der Waals surface area contributed by atoms with Gasteiger partial charge in [-0.05, 0) is 37.7 Å². The molecule has 0 spiro atoms. The Balaban J connectivity index is 1.47. The molecule has 4 heteroatoms. The third-order valence-corrected chi connectivity index (χ3v) is 4.98. The second-order valence-corrected chi connectivity index (χ2v) is 6.94. The lowest BCUT2D eigenvalue weighted by molar-refractivity contribution is 0.140. The molecule has 0 saturated heterocycles. The number of benzene rings is 2. The van der Waals surface area contributed by atoms with E-state index in [0.717, 1.165) is 37.4 Å². The summed E-state index contributed by atoms with van der Waals surface area (Å²) >= 11 is 0. The largest absolute Gasteiger partial charge is 0.485 e. The van der Waals surface area contributed by atoms with E-state index in [4.69, 9.17) is 4.74 Å². The Morgan fingerprint density at radius 1 is 1.12 bits per heavy atom. The molecule has 1 aromatic heterocycles. The second kappa shape index (κ2) is 7.34. The zero-order chi connectivity index (χ0) is 17.9. The van der Waals surface area contributed by atoms with Crippen molar-refractivity contribution in [2.75, 3.05) is 31.6 Å². The summed E-state index contributed by atoms with van der Waals surface area (Å²) < 4.78 is 6.26. The lowest BCUT2D eigenvalue weighted by atomic mass is 10.1. The second-order valence-electron chi connectivity index (χ2n) is 6.94. The van der Waals surface area contributed by atoms with Gasteiger partial charge in [0.1, 0.15) is 11.9 Å². The summed E-state index contributed by atoms with van der Waals surface area (Å²) in [6.07, 6.45) is 2.03. The molecule has 4 nitrogen and oxygen atoms in total. The van der Waals surface area contributed by atoms with Gasteiger partial charge in [0.05, 0.1) is 17.7 Å². The summed E-state index contributed by atoms with van der Waals surface area (Å²) in [4.78, 5) is 9.30. The number of pyridine rings is 1. The van der Waals surface area contributed by atoms with Crippen molar-refractivity contribution in [3.8, 4) is 5.75 Å². The molecule has 0 bridgehead atoms. The molecule has 0 radical (unpaired) electrons. The number of para-hydroxylation sites is 3. The lowest BCUT2D eigenvalue weighted by Crippen LogP contribution is -2.45. The van der Waals surface area contributed by atoms with Crippen molar-refractivity contribution in [3.63, 3.8) is 0 Å². The van der Waals surface area contributed by atoms with Gasteiger partial charge < -0.3 is 9.64 Å². The molecular weight excluding hydrogens is 322 g/mol. The summed E-state index contributed by atoms with van der Waals surface area (Å²) in [5, 5.41) is 1.19. The van der Waals surface area contributed by atoms with Gasteiger partial charge in [0.15, 0.2) is 0 Å². The minimum absolute atomic E-state index is 0.165. The van der Waals surface area contributed by atoms with Crippen LogP contribution in [-0.4, -0.2) is 42.7 Å². The van der Waals surface area contributed by atoms with Gasteiger partial charge in [-0.2, -0.15) is 0 Å². The molecular formula is C22H25N3O. The van der Waals surface area contributed by atoms with Crippen molar-refractivity contribution >= 4 is 16.6 Å². The first-order valence-electron chi connectivity index (χ1n) is 9.26. The van der Waals surface area contributed by atoms with Crippen molar-refractivity contribution in [1.82, 2.24) is 9.88 Å². The zero-order valence-corrected chi connectivity index (χ0v) is 15.4. The molecule has 134 valence electrons. The third-order valence-electron chi connectivity index (χ3n) is 4.98. The minimum atomic E-state index is 0.165. The first-order valence-corrected chi connectivity index (χ1v) is 9.26. The van der Waals surface area contributed by atoms with E-state index in [2.05, 4.69) is 71.2 Å². The number of likely N-dealkylation sites (N-methyl/N-ethyl adjacent to an activating group) is 2. The van der Waals surface area contributed by atoms with E-state index in [-0.39, 0.29) is 6.10 Å². The topological polar surface area (TPSA) is 28.6 Å². The van der Waals surface area contributed by atoms with Gasteiger partial charge in [-0.25, -0.2) is 0 Å². The zero-order valence-electron chi connectivity index (χ0n) is 15.4. The van der Waals surface area contributed by atoms with E-state index in [0.29, 0.717) is 0 Å². The van der Waals surface area contributed by atoms with Crippen molar-refractivity contribution in [1.29, 1.82) is 0 Å². The van der Waals surface area contributed by atoms with Crippen LogP contribution in [0.4, 0.5) is 5.69 Å². The third kappa shape index (κ3) is 3.37. The lowest BCUT2D eigenvalue weighted by Gasteiger charge is -2.37. The number of hydrogen-bond donors (Lipinski definition) is 0. The van der Waals surface area contributed by atoms with Crippen LogP contribution < -0.4 is 9.64 Å². The van der Waals surface area contributed by atoms with Crippen molar-refractivity contribution in [2.45, 2.75) is 19.6 Å². The van der Waals surface area contributed by atoms with E-state index < -0.39 is 0 Å². The first kappa shape index (κ1) is 16.9. The number of fused-ring (bicyclic) bond motifs is 2. The van der Waals surface area contributed by atoms with E-state index in [1.54, 1.807) is 0 Å². The molecule has 1 atom stereocenters. The minimum Gasteiger partial charge on any atom is -0.485 e. The molecule has 0 aliphatic carbocycles. The fourth-order valence-electron chi connectivity index (χ4n) is 3.77. The van der Waals surface area contributed by atoms with Gasteiger partial charge in [0.25, 0.3) is 0 Å². The van der Waals surface area contributed by atoms with E-state index in [1.807, 2.05) is 18.3 Å². The van der Waals surface area contributed by atoms with Gasteiger partial charge in [0, 0.05) is 31.2 Å². The quantitative estimate of drug-likeness (QED) is 0.699. The summed E-state index contributed by atoms with van der Waals surface area (Å²) in [5.74, 6) is 0.992. The van der Waals surface area contributed by atoms with Crippen molar-refractivity contribution in [2.24, 2.45) is 0 Å². The van der Waals surface area contributed by atoms with Crippen molar-refractivity contribution < 1.29 is 4.74 Å². The Bertz CT molecular complexity index is 890. The van der Waals surface area contributed by atoms with Crippen LogP contribution >= 0.6 is 0 Å². The Labute approximate surface area is 155 Å². The highest BCUT2D eigenvalue weighted by Gasteiger charge is 2.25. The molecule has 0 amide bonds. The molecule has 26 heavy (non-hydrogen) atoms. The standard InChI is InChI=1S/C22H25N3O/c1-3-25-16-19(26-21-12-5-4-11-20(21)25)15-24(2)14-18-9-6-8-17-10-7-13-23-22(17)18/h4-13,19H,3,14-16H2,1-2H3/t19-/m0/s1. The summed E-state index contributed by atoms with van der Waals surface area (Å²) in [7, 11) is 2.15. The molecule has 0 unspecified atom stereocenters. The van der Waals surface area contributed by atoms with Gasteiger partial charge in [-0.3, -0.25) is 9.88 Å². The Hall–Kier alpha value is -2.59. The van der Waals surface area contributed by atoms with Crippen LogP contribution in [0.2, 0.25) is 0 Å². The average molecular weight is 347 g/mol. The Morgan fingerprint density at radius 2 is 1.96 bits per heavy atom. The maximum absolute atomic E-state index is 6.26. The van der Waals surface area contributed by atoms with Crippen molar-refractivity contribution in [3.05, 3.63) is 66.4 Å². The predicted octanol–water partition coefficient (Wildman–Crippen LogP) is 3.95. The summed E-state index contributed by atoms with van der Waals surface area (Å²) in [6.45, 7) is 5.86. The Kier molecular flexibility index (Phi) is 4.76. The number of anilines is 1. The van der Waals surface area contributed by atoms with Crippen LogP contribution in [0.25, 0.3) is 10.9 Å². The highest BCUT2D eigenvalue weighted by Crippen LogP contribution is 2.33. The summed E-state index contributed by atoms with van der Waals surface area (Å²) in [6, 6.07) is 18.8. The molecule has 0 N–H and O–H groups in total. The van der Waals surface area contributed by atoms with Gasteiger partial charge in [-0.1, -0.05) is 36.4 Å². The molecule has 1 aliphatic rings. The van der Waals surface area contributed by atoms with E-state index in [1.165, 1.54) is 16.6 Å². The Morgan fingerprint density at radius 3 is 2.85 bits per heavy atom. The van der Waals surface area contributed by atoms with Crippen LogP contribution in [0.3, 0.4) is 0 Å². The normalized spacial score (nSPS) is 16.6. The maximum Gasteiger partial charge on any atom is 0.143 e. The van der Waals surface area contributed by atoms with E-state index >= 15 is 0 Å². The number of rotatable bonds is 5. The number of hydrogen-bond acceptors (Lipinski definition) is 4. The fourth-order valence-corrected chi connectivity index (χ4v) is 3.77. The van der Waals surface area contributed by atoms with Gasteiger partial charge >= 0.3 is 0 Å². The molecule has 2 aromatic carbocycles. The predicted molar refractivity (Wildman–Crippen MR) is 107 cm³/mol. The SMILES string of the molecule is CCN1C[C@H](CN(C)Cc2cccc3cccnc23)Oc2ccccc21. The highest BCUT2D eigenvalue weighted by molar-refractivity contribution is 5.81. The van der Waals surface area contributed by atoms with Crippen LogP contribution in [0.15, 0.2) is 60.8 Å². The molecule has 0 saturated carbocycles. The fraction of sp³-hybridized carbons (Fsp3) is 0.318. The highest BCUT2D eigenvalue weighted by atomic mass is 16.5. The molecule has 1 aliphatic heterocycles. The van der Waals surface area contributed by atoms with Crippen LogP contribution in [0, 0.1) is 0 Å². The maximum atomic E-state index is 6.26. The molecule has 0 fully saturated rings. The van der Waals surface area contributed by atoms with Crippen LogP contribution in [0.5, 0.6) is 5.75 Å². The van der Waals surface area contributed by atoms with Gasteiger partial charge in [-0.15, -0.1) is 0 Å². The van der Waals surface area contributed by atoms with Crippen LogP contribution in [0.1, 0.15) is 12.5 Å². The number of ether oxygens (including phenoxy) is 1. The smallest absolute Gasteiger partial charge is 0.143 e. The number of aromatic nitrogens is 1. The summed E-state index contributed by atoms with van der Waals surface area (Å²) in [5.41, 5.74) is 3.55. The molecule has 4 rings (SSSR count). The molecule has 3 aromatic rings. The monoisotopic (exact) mass is 347 g/mol. The number of nitrogens with zero attached hydrogens (tertiary/aromatic N) is 3. The van der Waals surface area contributed by atoms with E-state index in [9.17, 15) is 0 Å². The molecule has 2 heterocycles. The average Bonchev–Trinajstić information content (AvgIpc) is 2.67.